The lowest BCUT2D eigenvalue weighted by Crippen LogP contribution is -2.64. The molecule has 0 bridgehead atoms. The van der Waals surface area contributed by atoms with Crippen LogP contribution in [0, 0.1) is 0 Å². The Balaban J connectivity index is 1.16. The molecule has 0 radical (unpaired) electrons. The molecule has 18 nitrogen and oxygen atoms in total. The van der Waals surface area contributed by atoms with Gasteiger partial charge in [-0.05, 0) is 55.0 Å². The number of fused-ring (bicyclic) bond motifs is 1. The molecule has 0 saturated carbocycles. The van der Waals surface area contributed by atoms with Crippen LogP contribution in [0.5, 0.6) is 34.5 Å². The molecular weight excluding hydrogens is 720 g/mol. The SMILES string of the molecule is C[C@@H]1O[C@@H](Oc2c(-c3ccc(O)cc3)oc3cc(O)cc(O)c3c2=O)[C@@H](O)[C@H](O)[C@H]1O[C@@H]1O[C@H](COC(=O)/C=C/c2ccc(O)c(O)c2)[C@@H](O)[C@H](O)[C@H]1O. The zero-order chi connectivity index (χ0) is 39.0. The molecule has 0 aliphatic carbocycles. The minimum Gasteiger partial charge on any atom is -0.508 e. The number of benzene rings is 3. The van der Waals surface area contributed by atoms with Crippen LogP contribution in [0.2, 0.25) is 0 Å². The second-order valence-electron chi connectivity index (χ2n) is 12.6. The first-order valence-corrected chi connectivity index (χ1v) is 16.3. The lowest BCUT2D eigenvalue weighted by Gasteiger charge is -2.45. The normalized spacial score (nSPS) is 28.6. The number of aromatic hydroxyl groups is 5. The van der Waals surface area contributed by atoms with Crippen LogP contribution in [-0.2, 0) is 23.7 Å². The summed E-state index contributed by atoms with van der Waals surface area (Å²) in [5.74, 6) is -3.69. The average molecular weight is 757 g/mol. The first kappa shape index (κ1) is 38.3. The maximum atomic E-state index is 13.7. The summed E-state index contributed by atoms with van der Waals surface area (Å²) in [6.45, 7) is 0.744. The number of aliphatic hydroxyl groups is 5. The van der Waals surface area contributed by atoms with Gasteiger partial charge in [-0.25, -0.2) is 4.79 Å². The third kappa shape index (κ3) is 7.77. The molecule has 10 N–H and O–H groups in total. The van der Waals surface area contributed by atoms with E-state index in [1.54, 1.807) is 0 Å². The Hall–Kier alpha value is -5.44. The molecule has 3 aromatic carbocycles. The molecule has 18 heteroatoms. The molecule has 2 saturated heterocycles. The molecule has 1 aromatic heterocycles. The van der Waals surface area contributed by atoms with Crippen LogP contribution >= 0.6 is 0 Å². The van der Waals surface area contributed by atoms with Gasteiger partial charge in [-0.3, -0.25) is 4.79 Å². The fourth-order valence-corrected chi connectivity index (χ4v) is 5.93. The zero-order valence-electron chi connectivity index (χ0n) is 28.1. The summed E-state index contributed by atoms with van der Waals surface area (Å²) in [4.78, 5) is 26.0. The Labute approximate surface area is 304 Å². The van der Waals surface area contributed by atoms with E-state index in [2.05, 4.69) is 0 Å². The van der Waals surface area contributed by atoms with Crippen molar-refractivity contribution in [3.05, 3.63) is 76.5 Å². The highest BCUT2D eigenvalue weighted by Crippen LogP contribution is 2.38. The van der Waals surface area contributed by atoms with E-state index in [1.165, 1.54) is 55.5 Å². The lowest BCUT2D eigenvalue weighted by molar-refractivity contribution is -0.349. The number of phenols is 5. The van der Waals surface area contributed by atoms with Crippen LogP contribution in [0.4, 0.5) is 0 Å². The molecule has 288 valence electrons. The van der Waals surface area contributed by atoms with Crippen molar-refractivity contribution in [2.24, 2.45) is 0 Å². The lowest BCUT2D eigenvalue weighted by atomic mass is 9.97. The number of aliphatic hydroxyl groups excluding tert-OH is 5. The van der Waals surface area contributed by atoms with Gasteiger partial charge in [-0.15, -0.1) is 0 Å². The van der Waals surface area contributed by atoms with Gasteiger partial charge in [0, 0.05) is 23.8 Å². The van der Waals surface area contributed by atoms with Crippen molar-refractivity contribution >= 4 is 23.0 Å². The van der Waals surface area contributed by atoms with Crippen LogP contribution in [0.3, 0.4) is 0 Å². The van der Waals surface area contributed by atoms with Gasteiger partial charge in [-0.2, -0.15) is 0 Å². The zero-order valence-corrected chi connectivity index (χ0v) is 28.1. The van der Waals surface area contributed by atoms with Gasteiger partial charge in [0.2, 0.25) is 17.5 Å². The van der Waals surface area contributed by atoms with Gasteiger partial charge in [0.15, 0.2) is 23.5 Å². The van der Waals surface area contributed by atoms with Crippen molar-refractivity contribution in [2.75, 3.05) is 6.61 Å². The standard InChI is InChI=1S/C36H36O18/c1-14-32(53-36-30(47)28(45)26(43)23(52-36)13-49-24(42)9-3-15-2-8-19(39)20(40)10-15)29(46)31(48)35(50-14)54-34-27(44)25-21(41)11-18(38)12-22(25)51-33(34)16-4-6-17(37)7-5-16/h2-12,14,23,26,28-32,35-41,43,45-48H,13H2,1H3/b9-3+/t14-,23+,26+,28-,29-,30+,31-,32-,35-,36-/m0/s1. The highest BCUT2D eigenvalue weighted by Gasteiger charge is 2.50. The summed E-state index contributed by atoms with van der Waals surface area (Å²) in [7, 11) is 0. The number of carbonyl (C=O) groups excluding carboxylic acids is 1. The largest absolute Gasteiger partial charge is 0.508 e. The van der Waals surface area contributed by atoms with Crippen molar-refractivity contribution in [3.8, 4) is 45.8 Å². The minimum absolute atomic E-state index is 0.114. The highest BCUT2D eigenvalue weighted by atomic mass is 16.7. The Morgan fingerprint density at radius 1 is 0.759 bits per heavy atom. The Morgan fingerprint density at radius 3 is 2.17 bits per heavy atom. The van der Waals surface area contributed by atoms with Gasteiger partial charge in [0.05, 0.1) is 6.10 Å². The molecular formula is C36H36O18. The van der Waals surface area contributed by atoms with Crippen molar-refractivity contribution < 1.29 is 84.0 Å². The van der Waals surface area contributed by atoms with E-state index in [4.69, 9.17) is 28.1 Å². The Kier molecular flexibility index (Phi) is 11.0. The molecule has 4 aromatic rings. The van der Waals surface area contributed by atoms with Gasteiger partial charge in [-0.1, -0.05) is 6.07 Å². The fraction of sp³-hybridized carbons (Fsp3) is 0.333. The van der Waals surface area contributed by atoms with Crippen LogP contribution in [-0.4, -0.2) is 125 Å². The molecule has 6 rings (SSSR count). The summed E-state index contributed by atoms with van der Waals surface area (Å²) in [5.41, 5.74) is -0.624. The number of rotatable bonds is 9. The molecule has 54 heavy (non-hydrogen) atoms. The maximum Gasteiger partial charge on any atom is 0.330 e. The van der Waals surface area contributed by atoms with E-state index < -0.39 is 102 Å². The summed E-state index contributed by atoms with van der Waals surface area (Å²) < 4.78 is 33.9. The molecule has 0 amide bonds. The molecule has 2 aliphatic rings. The molecule has 0 spiro atoms. The quantitative estimate of drug-likeness (QED) is 0.0623. The molecule has 2 aliphatic heterocycles. The van der Waals surface area contributed by atoms with Crippen LogP contribution in [0.15, 0.2) is 69.9 Å². The number of phenolic OH excluding ortho intramolecular Hbond substituents is 5. The van der Waals surface area contributed by atoms with Crippen LogP contribution < -0.4 is 10.2 Å². The summed E-state index contributed by atoms with van der Waals surface area (Å²) >= 11 is 0. The van der Waals surface area contributed by atoms with Crippen molar-refractivity contribution in [1.29, 1.82) is 0 Å². The Morgan fingerprint density at radius 2 is 1.46 bits per heavy atom. The van der Waals surface area contributed by atoms with E-state index in [1.807, 2.05) is 0 Å². The summed E-state index contributed by atoms with van der Waals surface area (Å²) in [6.07, 6.45) is -14.8. The van der Waals surface area contributed by atoms with Crippen molar-refractivity contribution in [3.63, 3.8) is 0 Å². The highest BCUT2D eigenvalue weighted by molar-refractivity contribution is 5.88. The van der Waals surface area contributed by atoms with Crippen LogP contribution in [0.25, 0.3) is 28.4 Å². The number of esters is 1. The van der Waals surface area contributed by atoms with E-state index in [0.717, 1.165) is 18.2 Å². The number of hydrogen-bond donors (Lipinski definition) is 10. The second kappa shape index (κ2) is 15.5. The predicted molar refractivity (Wildman–Crippen MR) is 181 cm³/mol. The van der Waals surface area contributed by atoms with E-state index >= 15 is 0 Å². The number of hydrogen-bond acceptors (Lipinski definition) is 18. The first-order valence-electron chi connectivity index (χ1n) is 16.3. The maximum absolute atomic E-state index is 13.7. The monoisotopic (exact) mass is 756 g/mol. The number of ether oxygens (including phenoxy) is 5. The Bertz CT molecular complexity index is 2080. The summed E-state index contributed by atoms with van der Waals surface area (Å²) in [6, 6.07) is 11.1. The van der Waals surface area contributed by atoms with E-state index in [-0.39, 0.29) is 33.8 Å². The van der Waals surface area contributed by atoms with E-state index in [9.17, 15) is 60.7 Å². The third-order valence-corrected chi connectivity index (χ3v) is 8.82. The predicted octanol–water partition coefficient (Wildman–Crippen LogP) is 0.283. The summed E-state index contributed by atoms with van der Waals surface area (Å²) in [5, 5.41) is 103. The molecule has 3 heterocycles. The van der Waals surface area contributed by atoms with Gasteiger partial charge < -0.3 is 79.2 Å². The van der Waals surface area contributed by atoms with Gasteiger partial charge >= 0.3 is 5.97 Å². The molecule has 0 unspecified atom stereocenters. The second-order valence-corrected chi connectivity index (χ2v) is 12.6. The van der Waals surface area contributed by atoms with E-state index in [0.29, 0.717) is 5.56 Å². The molecule has 10 atom stereocenters. The smallest absolute Gasteiger partial charge is 0.330 e. The minimum atomic E-state index is -1.96. The van der Waals surface area contributed by atoms with Gasteiger partial charge in [0.1, 0.15) is 77.6 Å². The van der Waals surface area contributed by atoms with Crippen molar-refractivity contribution in [1.82, 2.24) is 0 Å². The van der Waals surface area contributed by atoms with Crippen LogP contribution in [0.1, 0.15) is 12.5 Å². The fourth-order valence-electron chi connectivity index (χ4n) is 5.93. The average Bonchev–Trinajstić information content (AvgIpc) is 3.13. The molecule has 2 fully saturated rings. The van der Waals surface area contributed by atoms with Crippen molar-refractivity contribution in [2.45, 2.75) is 68.3 Å². The topological polar surface area (TPSA) is 296 Å². The van der Waals surface area contributed by atoms with Gasteiger partial charge in [0.25, 0.3) is 0 Å². The first-order chi connectivity index (χ1) is 25.6. The number of carbonyl (C=O) groups is 1. The third-order valence-electron chi connectivity index (χ3n) is 8.82.